The van der Waals surface area contributed by atoms with Crippen molar-refractivity contribution >= 4 is 64.2 Å². The van der Waals surface area contributed by atoms with E-state index in [1.807, 2.05) is 6.26 Å². The Hall–Kier alpha value is -2.46. The lowest BCUT2D eigenvalue weighted by Gasteiger charge is -2.39. The number of carbonyl (C=O) groups excluding carboxylic acids is 2. The minimum absolute atomic E-state index is 0.0187. The van der Waals surface area contributed by atoms with E-state index < -0.39 is 29.6 Å². The molecule has 1 fully saturated rings. The van der Waals surface area contributed by atoms with E-state index in [0.717, 1.165) is 4.90 Å². The van der Waals surface area contributed by atoms with Gasteiger partial charge in [0.05, 0.1) is 0 Å². The highest BCUT2D eigenvalue weighted by Gasteiger charge is 2.54. The Morgan fingerprint density at radius 3 is 2.52 bits per heavy atom. The fourth-order valence-corrected chi connectivity index (χ4v) is 4.65. The lowest BCUT2D eigenvalue weighted by Crippen LogP contribution is -2.67. The zero-order valence-electron chi connectivity index (χ0n) is 17.8. The van der Waals surface area contributed by atoms with E-state index in [9.17, 15) is 19.5 Å². The molecule has 8 nitrogen and oxygen atoms in total. The van der Waals surface area contributed by atoms with Gasteiger partial charge in [-0.1, -0.05) is 35.3 Å². The van der Waals surface area contributed by atoms with Gasteiger partial charge >= 0.3 is 6.09 Å². The average molecular weight is 511 g/mol. The van der Waals surface area contributed by atoms with Crippen molar-refractivity contribution in [1.29, 1.82) is 0 Å². The molecule has 0 aliphatic carbocycles. The van der Waals surface area contributed by atoms with E-state index in [1.54, 1.807) is 48.5 Å². The van der Waals surface area contributed by atoms with Gasteiger partial charge < -0.3 is 21.1 Å². The summed E-state index contributed by atoms with van der Waals surface area (Å²) in [6.07, 6.45) is 0.580. The Labute approximate surface area is 206 Å². The molecule has 0 radical (unpaired) electrons. The molecule has 2 atom stereocenters. The van der Waals surface area contributed by atoms with Crippen molar-refractivity contribution in [3.05, 3.63) is 58.6 Å². The van der Waals surface area contributed by atoms with Crippen LogP contribution in [0.2, 0.25) is 10.0 Å². The third-order valence-electron chi connectivity index (χ3n) is 5.39. The minimum atomic E-state index is -1.91. The van der Waals surface area contributed by atoms with Crippen LogP contribution in [-0.4, -0.2) is 58.2 Å². The van der Waals surface area contributed by atoms with Gasteiger partial charge in [0, 0.05) is 34.4 Å². The molecule has 3 amide bonds. The summed E-state index contributed by atoms with van der Waals surface area (Å²) in [7, 11) is 0. The normalized spacial score (nSPS) is 18.8. The zero-order chi connectivity index (χ0) is 24.2. The summed E-state index contributed by atoms with van der Waals surface area (Å²) in [5, 5.41) is 13.6. The maximum absolute atomic E-state index is 13.4. The van der Waals surface area contributed by atoms with Crippen LogP contribution in [0.1, 0.15) is 12.8 Å². The van der Waals surface area contributed by atoms with Crippen molar-refractivity contribution < 1.29 is 19.5 Å². The van der Waals surface area contributed by atoms with Crippen molar-refractivity contribution in [2.24, 2.45) is 5.73 Å². The van der Waals surface area contributed by atoms with Gasteiger partial charge in [0.1, 0.15) is 6.04 Å². The Balaban J connectivity index is 1.93. The number of hydrogen-bond donors (Lipinski definition) is 3. The summed E-state index contributed by atoms with van der Waals surface area (Å²) in [6.45, 7) is 0.185. The highest BCUT2D eigenvalue weighted by Crippen LogP contribution is 2.33. The third kappa shape index (κ3) is 5.55. The number of thioether (sulfide) groups is 1. The number of amides is 3. The SMILES string of the molecule is CSCC[C@@H](C(=O)Nc1cccc(Cl)c1)N(C(=O)O)[C@@]1(N)CCN(c2cccc(Cl)c2)C1=O. The highest BCUT2D eigenvalue weighted by atomic mass is 35.5. The molecule has 0 bridgehead atoms. The van der Waals surface area contributed by atoms with Crippen LogP contribution in [-0.2, 0) is 9.59 Å². The fourth-order valence-electron chi connectivity index (χ4n) is 3.82. The molecule has 176 valence electrons. The van der Waals surface area contributed by atoms with Gasteiger partial charge in [-0.15, -0.1) is 0 Å². The van der Waals surface area contributed by atoms with E-state index >= 15 is 0 Å². The average Bonchev–Trinajstić information content (AvgIpc) is 3.05. The zero-order valence-corrected chi connectivity index (χ0v) is 20.2. The van der Waals surface area contributed by atoms with Crippen LogP contribution in [0, 0.1) is 0 Å². The van der Waals surface area contributed by atoms with Crippen LogP contribution >= 0.6 is 35.0 Å². The number of nitrogens with two attached hydrogens (primary N) is 1. The number of nitrogens with one attached hydrogen (secondary N) is 1. The molecular formula is C22H24Cl2N4O4S. The first-order valence-electron chi connectivity index (χ1n) is 10.1. The van der Waals surface area contributed by atoms with Crippen molar-refractivity contribution in [3.8, 4) is 0 Å². The van der Waals surface area contributed by atoms with Crippen LogP contribution in [0.5, 0.6) is 0 Å². The number of nitrogens with zero attached hydrogens (tertiary/aromatic N) is 2. The molecule has 0 aromatic heterocycles. The number of rotatable bonds is 8. The molecular weight excluding hydrogens is 487 g/mol. The van der Waals surface area contributed by atoms with E-state index in [0.29, 0.717) is 27.2 Å². The van der Waals surface area contributed by atoms with Crippen molar-refractivity contribution in [2.75, 3.05) is 28.8 Å². The van der Waals surface area contributed by atoms with Gasteiger partial charge in [-0.3, -0.25) is 14.5 Å². The maximum Gasteiger partial charge on any atom is 0.409 e. The molecule has 33 heavy (non-hydrogen) atoms. The molecule has 0 spiro atoms. The lowest BCUT2D eigenvalue weighted by atomic mass is 10.0. The van der Waals surface area contributed by atoms with Crippen molar-refractivity contribution in [3.63, 3.8) is 0 Å². The van der Waals surface area contributed by atoms with E-state index in [4.69, 9.17) is 28.9 Å². The number of carbonyl (C=O) groups is 3. The second kappa shape index (κ2) is 10.6. The molecule has 0 saturated carbocycles. The topological polar surface area (TPSA) is 116 Å². The smallest absolute Gasteiger partial charge is 0.409 e. The molecule has 0 unspecified atom stereocenters. The number of halogens is 2. The van der Waals surface area contributed by atoms with Gasteiger partial charge in [-0.2, -0.15) is 11.8 Å². The number of hydrogen-bond acceptors (Lipinski definition) is 5. The molecule has 2 aromatic carbocycles. The summed E-state index contributed by atoms with van der Waals surface area (Å²) in [5.74, 6) is -0.718. The minimum Gasteiger partial charge on any atom is -0.465 e. The van der Waals surface area contributed by atoms with Crippen molar-refractivity contribution in [1.82, 2.24) is 4.90 Å². The predicted octanol–water partition coefficient (Wildman–Crippen LogP) is 4.13. The summed E-state index contributed by atoms with van der Waals surface area (Å²) >= 11 is 13.5. The Morgan fingerprint density at radius 1 is 1.24 bits per heavy atom. The quantitative estimate of drug-likeness (QED) is 0.459. The first-order valence-corrected chi connectivity index (χ1v) is 12.3. The van der Waals surface area contributed by atoms with Crippen LogP contribution in [0.3, 0.4) is 0 Å². The van der Waals surface area contributed by atoms with Crippen LogP contribution in [0.4, 0.5) is 16.2 Å². The summed E-state index contributed by atoms with van der Waals surface area (Å²) in [6, 6.07) is 12.0. The van der Waals surface area contributed by atoms with E-state index in [2.05, 4.69) is 5.32 Å². The van der Waals surface area contributed by atoms with Gasteiger partial charge in [0.25, 0.3) is 5.91 Å². The predicted molar refractivity (Wildman–Crippen MR) is 132 cm³/mol. The Kier molecular flexibility index (Phi) is 8.12. The Morgan fingerprint density at radius 2 is 1.91 bits per heavy atom. The van der Waals surface area contributed by atoms with Crippen LogP contribution in [0.15, 0.2) is 48.5 Å². The van der Waals surface area contributed by atoms with E-state index in [-0.39, 0.29) is 19.4 Å². The maximum atomic E-state index is 13.4. The first-order chi connectivity index (χ1) is 15.7. The lowest BCUT2D eigenvalue weighted by molar-refractivity contribution is -0.132. The summed E-state index contributed by atoms with van der Waals surface area (Å²) < 4.78 is 0. The second-order valence-electron chi connectivity index (χ2n) is 7.56. The standard InChI is InChI=1S/C22H24Cl2N4O4S/c1-33-11-8-18(19(29)26-16-6-2-4-14(23)12-16)28(21(31)32)22(25)9-10-27(20(22)30)17-7-3-5-15(24)13-17/h2-7,12-13,18H,8-11,25H2,1H3,(H,26,29)(H,31,32)/t18-,22-/m0/s1. The molecule has 1 aliphatic rings. The molecule has 1 heterocycles. The van der Waals surface area contributed by atoms with Gasteiger partial charge in [-0.25, -0.2) is 4.79 Å². The summed E-state index contributed by atoms with van der Waals surface area (Å²) in [5.41, 5.74) is 5.46. The monoisotopic (exact) mass is 510 g/mol. The molecule has 4 N–H and O–H groups in total. The second-order valence-corrected chi connectivity index (χ2v) is 9.42. The molecule has 1 saturated heterocycles. The first kappa shape index (κ1) is 25.2. The fraction of sp³-hybridized carbons (Fsp3) is 0.318. The van der Waals surface area contributed by atoms with Crippen molar-refractivity contribution in [2.45, 2.75) is 24.5 Å². The number of benzene rings is 2. The van der Waals surface area contributed by atoms with Gasteiger partial charge in [-0.05, 0) is 54.8 Å². The third-order valence-corrected chi connectivity index (χ3v) is 6.50. The number of anilines is 2. The van der Waals surface area contributed by atoms with Crippen LogP contribution in [0.25, 0.3) is 0 Å². The molecule has 3 rings (SSSR count). The number of carboxylic acid groups (broad SMARTS) is 1. The van der Waals surface area contributed by atoms with Gasteiger partial charge in [0.15, 0.2) is 5.66 Å². The van der Waals surface area contributed by atoms with Gasteiger partial charge in [0.2, 0.25) is 5.91 Å². The van der Waals surface area contributed by atoms with E-state index in [1.165, 1.54) is 16.7 Å². The highest BCUT2D eigenvalue weighted by molar-refractivity contribution is 7.98. The largest absolute Gasteiger partial charge is 0.465 e. The summed E-state index contributed by atoms with van der Waals surface area (Å²) in [4.78, 5) is 41.2. The Bertz CT molecular complexity index is 1060. The molecule has 1 aliphatic heterocycles. The molecule has 11 heteroatoms. The van der Waals surface area contributed by atoms with Crippen LogP contribution < -0.4 is 16.0 Å². The molecule has 2 aromatic rings.